The highest BCUT2D eigenvalue weighted by molar-refractivity contribution is 5.85. The van der Waals surface area contributed by atoms with Gasteiger partial charge in [0.15, 0.2) is 0 Å². The standard InChI is InChI=1S/C12H23N3O2/c1-9(2)15-7-6-14(8-10(15)16)11(17)13-12(3,4)5/h9H,6-8H2,1-5H3,(H,13,17). The fourth-order valence-electron chi connectivity index (χ4n) is 1.81. The van der Waals surface area contributed by atoms with E-state index in [0.717, 1.165) is 0 Å². The molecular weight excluding hydrogens is 218 g/mol. The van der Waals surface area contributed by atoms with Crippen LogP contribution in [0.3, 0.4) is 0 Å². The summed E-state index contributed by atoms with van der Waals surface area (Å²) in [6.07, 6.45) is 0. The van der Waals surface area contributed by atoms with E-state index in [0.29, 0.717) is 13.1 Å². The Labute approximate surface area is 103 Å². The van der Waals surface area contributed by atoms with Gasteiger partial charge in [0, 0.05) is 24.7 Å². The smallest absolute Gasteiger partial charge is 0.318 e. The van der Waals surface area contributed by atoms with Crippen LogP contribution in [-0.2, 0) is 4.79 Å². The monoisotopic (exact) mass is 241 g/mol. The molecule has 1 heterocycles. The molecule has 0 saturated carbocycles. The van der Waals surface area contributed by atoms with E-state index in [-0.39, 0.29) is 30.1 Å². The van der Waals surface area contributed by atoms with Crippen molar-refractivity contribution in [1.82, 2.24) is 15.1 Å². The van der Waals surface area contributed by atoms with Gasteiger partial charge in [-0.05, 0) is 34.6 Å². The largest absolute Gasteiger partial charge is 0.337 e. The SMILES string of the molecule is CC(C)N1CCN(C(=O)NC(C)(C)C)CC1=O. The van der Waals surface area contributed by atoms with Gasteiger partial charge in [0.25, 0.3) is 0 Å². The minimum Gasteiger partial charge on any atom is -0.337 e. The van der Waals surface area contributed by atoms with Gasteiger partial charge in [-0.1, -0.05) is 0 Å². The molecule has 0 spiro atoms. The highest BCUT2D eigenvalue weighted by Crippen LogP contribution is 2.09. The van der Waals surface area contributed by atoms with E-state index in [2.05, 4.69) is 5.32 Å². The van der Waals surface area contributed by atoms with Crippen molar-refractivity contribution >= 4 is 11.9 Å². The van der Waals surface area contributed by atoms with Crippen LogP contribution in [0.25, 0.3) is 0 Å². The molecule has 5 nitrogen and oxygen atoms in total. The van der Waals surface area contributed by atoms with Gasteiger partial charge in [0.1, 0.15) is 6.54 Å². The highest BCUT2D eigenvalue weighted by atomic mass is 16.2. The van der Waals surface area contributed by atoms with Crippen molar-refractivity contribution < 1.29 is 9.59 Å². The summed E-state index contributed by atoms with van der Waals surface area (Å²) >= 11 is 0. The van der Waals surface area contributed by atoms with Crippen LogP contribution in [0.4, 0.5) is 4.79 Å². The first-order valence-electron chi connectivity index (χ1n) is 6.07. The van der Waals surface area contributed by atoms with E-state index < -0.39 is 0 Å². The third kappa shape index (κ3) is 3.91. The molecule has 0 aliphatic carbocycles. The molecule has 1 saturated heterocycles. The van der Waals surface area contributed by atoms with E-state index in [1.807, 2.05) is 34.6 Å². The number of carbonyl (C=O) groups is 2. The van der Waals surface area contributed by atoms with Crippen molar-refractivity contribution in [3.8, 4) is 0 Å². The Bertz CT molecular complexity index is 307. The van der Waals surface area contributed by atoms with Crippen molar-refractivity contribution in [2.75, 3.05) is 19.6 Å². The molecule has 98 valence electrons. The first-order chi connectivity index (χ1) is 7.70. The van der Waals surface area contributed by atoms with E-state index in [4.69, 9.17) is 0 Å². The molecule has 5 heteroatoms. The molecule has 0 atom stereocenters. The van der Waals surface area contributed by atoms with Gasteiger partial charge in [-0.3, -0.25) is 4.79 Å². The lowest BCUT2D eigenvalue weighted by Gasteiger charge is -2.37. The first-order valence-corrected chi connectivity index (χ1v) is 6.07. The number of nitrogens with zero attached hydrogens (tertiary/aromatic N) is 2. The molecule has 0 radical (unpaired) electrons. The van der Waals surface area contributed by atoms with Crippen LogP contribution in [0.15, 0.2) is 0 Å². The topological polar surface area (TPSA) is 52.6 Å². The van der Waals surface area contributed by atoms with Gasteiger partial charge in [-0.2, -0.15) is 0 Å². The molecule has 3 amide bonds. The summed E-state index contributed by atoms with van der Waals surface area (Å²) in [6, 6.07) is 0.0459. The Morgan fingerprint density at radius 1 is 1.29 bits per heavy atom. The molecule has 1 aliphatic heterocycles. The summed E-state index contributed by atoms with van der Waals surface area (Å²) in [7, 11) is 0. The van der Waals surface area contributed by atoms with Gasteiger partial charge >= 0.3 is 6.03 Å². The average Bonchev–Trinajstić information content (AvgIpc) is 2.14. The van der Waals surface area contributed by atoms with Gasteiger partial charge in [-0.25, -0.2) is 4.79 Å². The van der Waals surface area contributed by atoms with E-state index >= 15 is 0 Å². The maximum absolute atomic E-state index is 11.9. The summed E-state index contributed by atoms with van der Waals surface area (Å²) in [5.74, 6) is 0.0234. The zero-order valence-electron chi connectivity index (χ0n) is 11.4. The summed E-state index contributed by atoms with van der Waals surface area (Å²) < 4.78 is 0. The third-order valence-corrected chi connectivity index (χ3v) is 2.65. The fourth-order valence-corrected chi connectivity index (χ4v) is 1.81. The predicted octanol–water partition coefficient (Wildman–Crippen LogP) is 1.05. The number of carbonyl (C=O) groups excluding carboxylic acids is 2. The summed E-state index contributed by atoms with van der Waals surface area (Å²) in [6.45, 7) is 11.2. The summed E-state index contributed by atoms with van der Waals surface area (Å²) in [5.41, 5.74) is -0.269. The second kappa shape index (κ2) is 4.94. The Hall–Kier alpha value is -1.26. The zero-order valence-corrected chi connectivity index (χ0v) is 11.4. The molecule has 1 rings (SSSR count). The molecule has 0 aromatic heterocycles. The van der Waals surface area contributed by atoms with Crippen molar-refractivity contribution in [1.29, 1.82) is 0 Å². The third-order valence-electron chi connectivity index (χ3n) is 2.65. The maximum Gasteiger partial charge on any atom is 0.318 e. The van der Waals surface area contributed by atoms with Crippen molar-refractivity contribution in [2.24, 2.45) is 0 Å². The maximum atomic E-state index is 11.9. The van der Waals surface area contributed by atoms with E-state index in [1.54, 1.807) is 9.80 Å². The molecule has 17 heavy (non-hydrogen) atoms. The average molecular weight is 241 g/mol. The van der Waals surface area contributed by atoms with Crippen LogP contribution >= 0.6 is 0 Å². The predicted molar refractivity (Wildman–Crippen MR) is 66.7 cm³/mol. The first kappa shape index (κ1) is 13.8. The van der Waals surface area contributed by atoms with Crippen LogP contribution in [0.5, 0.6) is 0 Å². The lowest BCUT2D eigenvalue weighted by molar-refractivity contribution is -0.136. The Morgan fingerprint density at radius 3 is 2.29 bits per heavy atom. The minimum atomic E-state index is -0.269. The van der Waals surface area contributed by atoms with E-state index in [1.165, 1.54) is 0 Å². The molecule has 0 unspecified atom stereocenters. The molecular formula is C12H23N3O2. The number of hydrogen-bond donors (Lipinski definition) is 1. The zero-order chi connectivity index (χ0) is 13.2. The fraction of sp³-hybridized carbons (Fsp3) is 0.833. The molecule has 0 aromatic carbocycles. The highest BCUT2D eigenvalue weighted by Gasteiger charge is 2.29. The van der Waals surface area contributed by atoms with Crippen molar-refractivity contribution in [2.45, 2.75) is 46.2 Å². The molecule has 1 fully saturated rings. The normalized spacial score (nSPS) is 17.6. The number of urea groups is 1. The van der Waals surface area contributed by atoms with Crippen LogP contribution in [0.1, 0.15) is 34.6 Å². The van der Waals surface area contributed by atoms with Gasteiger partial charge < -0.3 is 15.1 Å². The number of nitrogens with one attached hydrogen (secondary N) is 1. The van der Waals surface area contributed by atoms with Crippen molar-refractivity contribution in [3.63, 3.8) is 0 Å². The van der Waals surface area contributed by atoms with Crippen LogP contribution in [0.2, 0.25) is 0 Å². The van der Waals surface area contributed by atoms with Gasteiger partial charge in [0.2, 0.25) is 5.91 Å². The van der Waals surface area contributed by atoms with Crippen molar-refractivity contribution in [3.05, 3.63) is 0 Å². The summed E-state index contributed by atoms with van der Waals surface area (Å²) in [4.78, 5) is 27.1. The second-order valence-electron chi connectivity index (χ2n) is 5.78. The minimum absolute atomic E-state index is 0.0234. The van der Waals surface area contributed by atoms with E-state index in [9.17, 15) is 9.59 Å². The molecule has 0 aromatic rings. The van der Waals surface area contributed by atoms with Crippen LogP contribution in [0, 0.1) is 0 Å². The lowest BCUT2D eigenvalue weighted by Crippen LogP contribution is -2.58. The Balaban J connectivity index is 2.55. The van der Waals surface area contributed by atoms with Crippen LogP contribution < -0.4 is 5.32 Å². The lowest BCUT2D eigenvalue weighted by atomic mass is 10.1. The Kier molecular flexibility index (Phi) is 4.01. The second-order valence-corrected chi connectivity index (χ2v) is 5.78. The number of piperazine rings is 1. The molecule has 1 aliphatic rings. The number of rotatable bonds is 1. The summed E-state index contributed by atoms with van der Waals surface area (Å²) in [5, 5.41) is 2.87. The number of hydrogen-bond acceptors (Lipinski definition) is 2. The van der Waals surface area contributed by atoms with Gasteiger partial charge in [0.05, 0.1) is 0 Å². The van der Waals surface area contributed by atoms with Gasteiger partial charge in [-0.15, -0.1) is 0 Å². The molecule has 1 N–H and O–H groups in total. The number of amides is 3. The quantitative estimate of drug-likeness (QED) is 0.746. The van der Waals surface area contributed by atoms with Crippen LogP contribution in [-0.4, -0.2) is 53.0 Å². The molecule has 0 bridgehead atoms. The Morgan fingerprint density at radius 2 is 1.88 bits per heavy atom.